The predicted octanol–water partition coefficient (Wildman–Crippen LogP) is 1.91. The molecule has 2 rings (SSSR count). The molecule has 0 bridgehead atoms. The second kappa shape index (κ2) is 7.37. The fourth-order valence-electron chi connectivity index (χ4n) is 2.88. The Balaban J connectivity index is 2.14. The summed E-state index contributed by atoms with van der Waals surface area (Å²) in [4.78, 5) is 10.5. The van der Waals surface area contributed by atoms with Crippen molar-refractivity contribution in [1.29, 1.82) is 0 Å². The minimum atomic E-state index is -3.67. The number of aryl methyl sites for hydroxylation is 1. The van der Waals surface area contributed by atoms with E-state index in [1.807, 2.05) is 7.05 Å². The van der Waals surface area contributed by atoms with E-state index in [4.69, 9.17) is 0 Å². The van der Waals surface area contributed by atoms with Crippen molar-refractivity contribution in [3.8, 4) is 0 Å². The highest BCUT2D eigenvalue weighted by atomic mass is 32.2. The molecule has 1 fully saturated rings. The van der Waals surface area contributed by atoms with Crippen LogP contribution in [0, 0.1) is 23.0 Å². The molecule has 7 nitrogen and oxygen atoms in total. The summed E-state index contributed by atoms with van der Waals surface area (Å²) in [5, 5.41) is 14.1. The highest BCUT2D eigenvalue weighted by Gasteiger charge is 2.30. The Morgan fingerprint density at radius 2 is 2.00 bits per heavy atom. The molecule has 0 spiro atoms. The van der Waals surface area contributed by atoms with Crippen molar-refractivity contribution in [2.75, 3.05) is 26.7 Å². The molecule has 8 heteroatoms. The largest absolute Gasteiger partial charge is 0.320 e. The summed E-state index contributed by atoms with van der Waals surface area (Å²) in [6.45, 7) is 3.47. The molecule has 1 heterocycles. The van der Waals surface area contributed by atoms with E-state index in [0.29, 0.717) is 24.6 Å². The van der Waals surface area contributed by atoms with Gasteiger partial charge in [0.15, 0.2) is 0 Å². The van der Waals surface area contributed by atoms with Gasteiger partial charge >= 0.3 is 0 Å². The van der Waals surface area contributed by atoms with Crippen LogP contribution in [0.3, 0.4) is 0 Å². The Kier molecular flexibility index (Phi) is 5.72. The highest BCUT2D eigenvalue weighted by molar-refractivity contribution is 7.89. The van der Waals surface area contributed by atoms with Gasteiger partial charge in [-0.2, -0.15) is 4.31 Å². The van der Waals surface area contributed by atoms with Crippen LogP contribution in [0.4, 0.5) is 5.69 Å². The molecule has 0 saturated carbocycles. The van der Waals surface area contributed by atoms with Crippen molar-refractivity contribution in [3.63, 3.8) is 0 Å². The molecule has 0 radical (unpaired) electrons. The summed E-state index contributed by atoms with van der Waals surface area (Å²) >= 11 is 0. The molecule has 23 heavy (non-hydrogen) atoms. The number of nitrogens with one attached hydrogen (secondary N) is 1. The Bertz CT molecular complexity index is 667. The normalized spacial score (nSPS) is 17.3. The summed E-state index contributed by atoms with van der Waals surface area (Å²) in [6, 6.07) is 4.10. The van der Waals surface area contributed by atoms with E-state index >= 15 is 0 Å². The first-order valence-electron chi connectivity index (χ1n) is 7.76. The number of nitro benzene ring substituents is 1. The molecule has 128 valence electrons. The molecular formula is C15H23N3O4S. The van der Waals surface area contributed by atoms with Gasteiger partial charge in [0, 0.05) is 24.7 Å². The van der Waals surface area contributed by atoms with Crippen LogP contribution in [0.15, 0.2) is 23.1 Å². The van der Waals surface area contributed by atoms with E-state index in [2.05, 4.69) is 5.32 Å². The Hall–Kier alpha value is -1.51. The number of hydrogen-bond donors (Lipinski definition) is 1. The Labute approximate surface area is 136 Å². The maximum absolute atomic E-state index is 12.7. The van der Waals surface area contributed by atoms with Crippen LogP contribution in [-0.4, -0.2) is 44.3 Å². The van der Waals surface area contributed by atoms with Crippen molar-refractivity contribution in [2.45, 2.75) is 31.1 Å². The van der Waals surface area contributed by atoms with Crippen molar-refractivity contribution < 1.29 is 13.3 Å². The van der Waals surface area contributed by atoms with E-state index in [1.165, 1.54) is 16.4 Å². The predicted molar refractivity (Wildman–Crippen MR) is 87.9 cm³/mol. The Morgan fingerprint density at radius 3 is 2.57 bits per heavy atom. The van der Waals surface area contributed by atoms with Crippen LogP contribution in [0.25, 0.3) is 0 Å². The number of nitro groups is 1. The van der Waals surface area contributed by atoms with Crippen LogP contribution in [0.1, 0.15) is 24.8 Å². The monoisotopic (exact) mass is 341 g/mol. The van der Waals surface area contributed by atoms with Gasteiger partial charge < -0.3 is 5.32 Å². The lowest BCUT2D eigenvalue weighted by Crippen LogP contribution is -2.38. The highest BCUT2D eigenvalue weighted by Crippen LogP contribution is 2.28. The maximum Gasteiger partial charge on any atom is 0.273 e. The summed E-state index contributed by atoms with van der Waals surface area (Å²) in [5.41, 5.74) is 0.301. The number of piperidine rings is 1. The van der Waals surface area contributed by atoms with Gasteiger partial charge in [0.1, 0.15) is 0 Å². The van der Waals surface area contributed by atoms with Crippen molar-refractivity contribution in [2.24, 2.45) is 5.92 Å². The topological polar surface area (TPSA) is 92.6 Å². The molecule has 1 N–H and O–H groups in total. The minimum absolute atomic E-state index is 0.00322. The molecule has 0 atom stereocenters. The van der Waals surface area contributed by atoms with Crippen LogP contribution in [0.2, 0.25) is 0 Å². The third-order valence-corrected chi connectivity index (χ3v) is 6.29. The van der Waals surface area contributed by atoms with Gasteiger partial charge in [-0.15, -0.1) is 0 Å². The first kappa shape index (κ1) is 17.8. The average Bonchev–Trinajstić information content (AvgIpc) is 2.53. The molecule has 0 unspecified atom stereocenters. The van der Waals surface area contributed by atoms with Crippen LogP contribution >= 0.6 is 0 Å². The molecule has 1 aliphatic rings. The summed E-state index contributed by atoms with van der Waals surface area (Å²) in [6.07, 6.45) is 2.70. The van der Waals surface area contributed by atoms with Crippen LogP contribution < -0.4 is 5.32 Å². The van der Waals surface area contributed by atoms with Crippen LogP contribution in [-0.2, 0) is 10.0 Å². The van der Waals surface area contributed by atoms with E-state index in [1.54, 1.807) is 6.92 Å². The molecule has 0 aromatic heterocycles. The van der Waals surface area contributed by atoms with E-state index < -0.39 is 14.9 Å². The van der Waals surface area contributed by atoms with Gasteiger partial charge in [0.2, 0.25) is 10.0 Å². The van der Waals surface area contributed by atoms with Gasteiger partial charge in [-0.25, -0.2) is 8.42 Å². The lowest BCUT2D eigenvalue weighted by atomic mass is 9.95. The molecule has 1 saturated heterocycles. The van der Waals surface area contributed by atoms with E-state index in [0.717, 1.165) is 31.9 Å². The Morgan fingerprint density at radius 1 is 1.35 bits per heavy atom. The van der Waals surface area contributed by atoms with Gasteiger partial charge in [0.05, 0.1) is 9.82 Å². The van der Waals surface area contributed by atoms with Gasteiger partial charge in [-0.1, -0.05) is 6.07 Å². The fraction of sp³-hybridized carbons (Fsp3) is 0.600. The lowest BCUT2D eigenvalue weighted by Gasteiger charge is -2.31. The van der Waals surface area contributed by atoms with Gasteiger partial charge in [0.25, 0.3) is 5.69 Å². The van der Waals surface area contributed by atoms with Gasteiger partial charge in [-0.05, 0) is 51.8 Å². The molecule has 1 aromatic carbocycles. The van der Waals surface area contributed by atoms with Crippen LogP contribution in [0.5, 0.6) is 0 Å². The van der Waals surface area contributed by atoms with E-state index in [9.17, 15) is 18.5 Å². The minimum Gasteiger partial charge on any atom is -0.320 e. The number of benzene rings is 1. The summed E-state index contributed by atoms with van der Waals surface area (Å²) in [7, 11) is -1.76. The maximum atomic E-state index is 12.7. The first-order valence-corrected chi connectivity index (χ1v) is 9.20. The van der Waals surface area contributed by atoms with E-state index in [-0.39, 0.29) is 10.6 Å². The summed E-state index contributed by atoms with van der Waals surface area (Å²) < 4.78 is 26.8. The standard InChI is InChI=1S/C15H23N3O4S/c1-12-3-4-14(11-15(12)18(19)20)23(21,22)17-9-6-13(7-10-17)5-8-16-2/h3-4,11,13,16H,5-10H2,1-2H3. The average molecular weight is 341 g/mol. The number of nitrogens with zero attached hydrogens (tertiary/aromatic N) is 2. The number of rotatable bonds is 6. The molecular weight excluding hydrogens is 318 g/mol. The SMILES string of the molecule is CNCCC1CCN(S(=O)(=O)c2ccc(C)c([N+](=O)[O-])c2)CC1. The number of sulfonamides is 1. The molecule has 0 amide bonds. The van der Waals surface area contributed by atoms with Crippen molar-refractivity contribution in [1.82, 2.24) is 9.62 Å². The fourth-order valence-corrected chi connectivity index (χ4v) is 4.37. The quantitative estimate of drug-likeness (QED) is 0.630. The third-order valence-electron chi connectivity index (χ3n) is 4.39. The molecule has 1 aliphatic heterocycles. The smallest absolute Gasteiger partial charge is 0.273 e. The zero-order chi connectivity index (χ0) is 17.0. The zero-order valence-corrected chi connectivity index (χ0v) is 14.3. The number of hydrogen-bond acceptors (Lipinski definition) is 5. The summed E-state index contributed by atoms with van der Waals surface area (Å²) in [5.74, 6) is 0.529. The third kappa shape index (κ3) is 4.07. The lowest BCUT2D eigenvalue weighted by molar-refractivity contribution is -0.385. The first-order chi connectivity index (χ1) is 10.9. The second-order valence-electron chi connectivity index (χ2n) is 5.95. The molecule has 1 aromatic rings. The van der Waals surface area contributed by atoms with Gasteiger partial charge in [-0.3, -0.25) is 10.1 Å². The van der Waals surface area contributed by atoms with Crippen molar-refractivity contribution in [3.05, 3.63) is 33.9 Å². The van der Waals surface area contributed by atoms with Crippen molar-refractivity contribution >= 4 is 15.7 Å². The second-order valence-corrected chi connectivity index (χ2v) is 7.88. The zero-order valence-electron chi connectivity index (χ0n) is 13.5. The molecule has 0 aliphatic carbocycles.